The highest BCUT2D eigenvalue weighted by Crippen LogP contribution is 2.41. The van der Waals surface area contributed by atoms with Crippen molar-refractivity contribution in [2.24, 2.45) is 11.3 Å². The number of hydrogen-bond acceptors (Lipinski definition) is 3. The summed E-state index contributed by atoms with van der Waals surface area (Å²) in [6, 6.07) is 0.634. The van der Waals surface area contributed by atoms with E-state index in [2.05, 4.69) is 31.1 Å². The second kappa shape index (κ2) is 5.37. The van der Waals surface area contributed by atoms with Crippen LogP contribution in [0.25, 0.3) is 0 Å². The Kier molecular flexibility index (Phi) is 4.26. The summed E-state index contributed by atoms with van der Waals surface area (Å²) in [4.78, 5) is 2.51. The maximum atomic E-state index is 11.3. The third-order valence-electron chi connectivity index (χ3n) is 4.55. The van der Waals surface area contributed by atoms with Gasteiger partial charge >= 0.3 is 0 Å². The standard InChI is InChI=1S/C13H26N2OS/c1-13(2)5-4-11(12(13)14-3)10-15-6-8-17(16)9-7-15/h11-12,14H,4-10H2,1-3H3. The van der Waals surface area contributed by atoms with Gasteiger partial charge in [-0.25, -0.2) is 0 Å². The monoisotopic (exact) mass is 258 g/mol. The largest absolute Gasteiger partial charge is 0.316 e. The Morgan fingerprint density at radius 2 is 2.00 bits per heavy atom. The van der Waals surface area contributed by atoms with E-state index in [1.165, 1.54) is 19.4 Å². The van der Waals surface area contributed by atoms with Crippen LogP contribution in [0.2, 0.25) is 0 Å². The molecule has 17 heavy (non-hydrogen) atoms. The van der Waals surface area contributed by atoms with Gasteiger partial charge in [-0.2, -0.15) is 0 Å². The first-order valence-corrected chi connectivity index (χ1v) is 8.26. The van der Waals surface area contributed by atoms with Crippen molar-refractivity contribution in [1.29, 1.82) is 0 Å². The third-order valence-corrected chi connectivity index (χ3v) is 5.82. The quantitative estimate of drug-likeness (QED) is 0.822. The fourth-order valence-corrected chi connectivity index (χ4v) is 4.66. The predicted molar refractivity (Wildman–Crippen MR) is 73.7 cm³/mol. The van der Waals surface area contributed by atoms with E-state index >= 15 is 0 Å². The van der Waals surface area contributed by atoms with Gasteiger partial charge in [-0.3, -0.25) is 4.21 Å². The number of hydrogen-bond donors (Lipinski definition) is 1. The van der Waals surface area contributed by atoms with Crippen molar-refractivity contribution in [2.75, 3.05) is 38.2 Å². The number of nitrogens with zero attached hydrogens (tertiary/aromatic N) is 1. The Balaban J connectivity index is 1.89. The van der Waals surface area contributed by atoms with Crippen LogP contribution in [0, 0.1) is 11.3 Å². The van der Waals surface area contributed by atoms with Crippen LogP contribution in [0.4, 0.5) is 0 Å². The second-order valence-electron chi connectivity index (χ2n) is 6.20. The molecule has 0 radical (unpaired) electrons. The summed E-state index contributed by atoms with van der Waals surface area (Å²) >= 11 is 0. The molecule has 1 heterocycles. The normalized spacial score (nSPS) is 35.2. The molecule has 3 nitrogen and oxygen atoms in total. The molecule has 100 valence electrons. The molecule has 0 aromatic heterocycles. The third kappa shape index (κ3) is 3.09. The van der Waals surface area contributed by atoms with E-state index in [0.29, 0.717) is 11.5 Å². The summed E-state index contributed by atoms with van der Waals surface area (Å²) in [7, 11) is 1.55. The molecule has 4 heteroatoms. The van der Waals surface area contributed by atoms with Crippen LogP contribution < -0.4 is 5.32 Å². The lowest BCUT2D eigenvalue weighted by molar-refractivity contribution is 0.198. The van der Waals surface area contributed by atoms with E-state index in [4.69, 9.17) is 0 Å². The van der Waals surface area contributed by atoms with Crippen molar-refractivity contribution >= 4 is 10.8 Å². The Hall–Kier alpha value is 0.0700. The zero-order chi connectivity index (χ0) is 12.5. The maximum Gasteiger partial charge on any atom is 0.0363 e. The molecule has 1 aliphatic heterocycles. The summed E-state index contributed by atoms with van der Waals surface area (Å²) in [6.07, 6.45) is 2.65. The van der Waals surface area contributed by atoms with E-state index in [9.17, 15) is 4.21 Å². The smallest absolute Gasteiger partial charge is 0.0363 e. The molecule has 0 bridgehead atoms. The highest BCUT2D eigenvalue weighted by Gasteiger charge is 2.41. The van der Waals surface area contributed by atoms with Crippen LogP contribution in [-0.2, 0) is 10.8 Å². The van der Waals surface area contributed by atoms with Gasteiger partial charge in [-0.05, 0) is 31.2 Å². The van der Waals surface area contributed by atoms with Gasteiger partial charge in [0.2, 0.25) is 0 Å². The summed E-state index contributed by atoms with van der Waals surface area (Å²) in [6.45, 7) is 7.99. The van der Waals surface area contributed by atoms with Crippen LogP contribution in [0.3, 0.4) is 0 Å². The zero-order valence-electron chi connectivity index (χ0n) is 11.4. The Labute approximate surface area is 108 Å². The Morgan fingerprint density at radius 3 is 2.59 bits per heavy atom. The van der Waals surface area contributed by atoms with Crippen molar-refractivity contribution in [3.63, 3.8) is 0 Å². The maximum absolute atomic E-state index is 11.3. The zero-order valence-corrected chi connectivity index (χ0v) is 12.2. The van der Waals surface area contributed by atoms with Crippen molar-refractivity contribution in [3.05, 3.63) is 0 Å². The van der Waals surface area contributed by atoms with Crippen LogP contribution in [0.1, 0.15) is 26.7 Å². The first kappa shape index (κ1) is 13.5. The first-order valence-electron chi connectivity index (χ1n) is 6.77. The molecule has 2 atom stereocenters. The van der Waals surface area contributed by atoms with E-state index in [0.717, 1.165) is 30.5 Å². The lowest BCUT2D eigenvalue weighted by atomic mass is 9.85. The van der Waals surface area contributed by atoms with E-state index in [1.807, 2.05) is 0 Å². The van der Waals surface area contributed by atoms with Crippen LogP contribution in [0.5, 0.6) is 0 Å². The van der Waals surface area contributed by atoms with Crippen molar-refractivity contribution in [3.8, 4) is 0 Å². The SMILES string of the molecule is CNC1C(CN2CCS(=O)CC2)CCC1(C)C. The lowest BCUT2D eigenvalue weighted by Crippen LogP contribution is -2.46. The van der Waals surface area contributed by atoms with Gasteiger partial charge in [-0.15, -0.1) is 0 Å². The summed E-state index contributed by atoms with van der Waals surface area (Å²) < 4.78 is 11.3. The fourth-order valence-electron chi connectivity index (χ4n) is 3.53. The second-order valence-corrected chi connectivity index (χ2v) is 7.90. The molecule has 1 saturated heterocycles. The van der Waals surface area contributed by atoms with Gasteiger partial charge in [0.05, 0.1) is 0 Å². The van der Waals surface area contributed by atoms with E-state index < -0.39 is 10.8 Å². The molecule has 2 fully saturated rings. The molecule has 1 saturated carbocycles. The molecule has 0 aromatic rings. The van der Waals surface area contributed by atoms with E-state index in [-0.39, 0.29) is 0 Å². The minimum absolute atomic E-state index is 0.429. The summed E-state index contributed by atoms with van der Waals surface area (Å²) in [5, 5.41) is 3.52. The summed E-state index contributed by atoms with van der Waals surface area (Å²) in [5.74, 6) is 2.52. The van der Waals surface area contributed by atoms with Crippen molar-refractivity contribution in [2.45, 2.75) is 32.7 Å². The van der Waals surface area contributed by atoms with Crippen LogP contribution in [0.15, 0.2) is 0 Å². The highest BCUT2D eigenvalue weighted by molar-refractivity contribution is 7.85. The minimum atomic E-state index is -0.547. The van der Waals surface area contributed by atoms with E-state index in [1.54, 1.807) is 0 Å². The van der Waals surface area contributed by atoms with Crippen molar-refractivity contribution < 1.29 is 4.21 Å². The van der Waals surface area contributed by atoms with Gasteiger partial charge in [0.25, 0.3) is 0 Å². The van der Waals surface area contributed by atoms with Crippen molar-refractivity contribution in [1.82, 2.24) is 10.2 Å². The molecule has 2 rings (SSSR count). The fraction of sp³-hybridized carbons (Fsp3) is 1.00. The van der Waals surface area contributed by atoms with Gasteiger partial charge in [0, 0.05) is 48.0 Å². The highest BCUT2D eigenvalue weighted by atomic mass is 32.2. The topological polar surface area (TPSA) is 32.3 Å². The molecule has 2 aliphatic rings. The lowest BCUT2D eigenvalue weighted by Gasteiger charge is -2.34. The predicted octanol–water partition coefficient (Wildman–Crippen LogP) is 1.07. The summed E-state index contributed by atoms with van der Waals surface area (Å²) in [5.41, 5.74) is 0.429. The molecule has 2 unspecified atom stereocenters. The van der Waals surface area contributed by atoms with Crippen LogP contribution in [-0.4, -0.2) is 53.3 Å². The van der Waals surface area contributed by atoms with Crippen LogP contribution >= 0.6 is 0 Å². The average molecular weight is 258 g/mol. The van der Waals surface area contributed by atoms with Gasteiger partial charge in [-0.1, -0.05) is 13.8 Å². The molecule has 1 aliphatic carbocycles. The van der Waals surface area contributed by atoms with Gasteiger partial charge in [0.15, 0.2) is 0 Å². The van der Waals surface area contributed by atoms with Gasteiger partial charge in [0.1, 0.15) is 0 Å². The molecular formula is C13H26N2OS. The first-order chi connectivity index (χ1) is 8.03. The molecule has 0 aromatic carbocycles. The molecule has 0 amide bonds. The molecule has 1 N–H and O–H groups in total. The average Bonchev–Trinajstić information content (AvgIpc) is 2.57. The Morgan fingerprint density at radius 1 is 1.35 bits per heavy atom. The number of nitrogens with one attached hydrogen (secondary N) is 1. The Bertz CT molecular complexity index is 283. The molecule has 0 spiro atoms. The minimum Gasteiger partial charge on any atom is -0.316 e. The number of rotatable bonds is 3. The molecular weight excluding hydrogens is 232 g/mol. The van der Waals surface area contributed by atoms with Gasteiger partial charge < -0.3 is 10.2 Å².